The molecular formula is C16H18Cl2N2. The van der Waals surface area contributed by atoms with E-state index in [1.165, 1.54) is 18.4 Å². The van der Waals surface area contributed by atoms with Crippen LogP contribution in [0.5, 0.6) is 0 Å². The summed E-state index contributed by atoms with van der Waals surface area (Å²) in [5.74, 6) is 0.791. The SMILES string of the molecule is CNC(c1ccn(Cc2c(Cl)cccc2Cl)c1)C1CC1. The first-order valence-electron chi connectivity index (χ1n) is 6.95. The Morgan fingerprint density at radius 1 is 1.25 bits per heavy atom. The van der Waals surface area contributed by atoms with Gasteiger partial charge in [-0.1, -0.05) is 29.3 Å². The lowest BCUT2D eigenvalue weighted by Crippen LogP contribution is -2.17. The molecule has 1 aliphatic rings. The van der Waals surface area contributed by atoms with Gasteiger partial charge >= 0.3 is 0 Å². The lowest BCUT2D eigenvalue weighted by atomic mass is 10.1. The topological polar surface area (TPSA) is 17.0 Å². The minimum Gasteiger partial charge on any atom is -0.349 e. The maximum Gasteiger partial charge on any atom is 0.0499 e. The fraction of sp³-hybridized carbons (Fsp3) is 0.375. The highest BCUT2D eigenvalue weighted by atomic mass is 35.5. The maximum atomic E-state index is 6.23. The molecule has 0 radical (unpaired) electrons. The van der Waals surface area contributed by atoms with E-state index in [-0.39, 0.29) is 0 Å². The molecule has 1 atom stereocenters. The molecule has 1 aliphatic carbocycles. The Morgan fingerprint density at radius 3 is 2.55 bits per heavy atom. The third kappa shape index (κ3) is 2.88. The third-order valence-corrected chi connectivity index (χ3v) is 4.65. The van der Waals surface area contributed by atoms with Gasteiger partial charge in [0.2, 0.25) is 0 Å². The molecular weight excluding hydrogens is 291 g/mol. The first-order chi connectivity index (χ1) is 9.69. The second kappa shape index (κ2) is 5.80. The number of halogens is 2. The van der Waals surface area contributed by atoms with E-state index in [1.54, 1.807) is 0 Å². The number of benzene rings is 1. The highest BCUT2D eigenvalue weighted by molar-refractivity contribution is 6.35. The van der Waals surface area contributed by atoms with Crippen LogP contribution in [0.3, 0.4) is 0 Å². The zero-order valence-corrected chi connectivity index (χ0v) is 13.0. The summed E-state index contributed by atoms with van der Waals surface area (Å²) in [6.07, 6.45) is 6.95. The molecule has 1 aromatic carbocycles. The molecule has 1 saturated carbocycles. The molecule has 106 valence electrons. The van der Waals surface area contributed by atoms with Crippen molar-refractivity contribution in [1.29, 1.82) is 0 Å². The fourth-order valence-corrected chi connectivity index (χ4v) is 3.23. The standard InChI is InChI=1S/C16H18Cl2N2/c1-19-16(11-5-6-11)12-7-8-20(9-12)10-13-14(17)3-2-4-15(13)18/h2-4,7-9,11,16,19H,5-6,10H2,1H3. The van der Waals surface area contributed by atoms with Crippen LogP contribution in [0.15, 0.2) is 36.7 Å². The summed E-state index contributed by atoms with van der Waals surface area (Å²) >= 11 is 12.5. The van der Waals surface area contributed by atoms with Crippen molar-refractivity contribution in [1.82, 2.24) is 9.88 Å². The smallest absolute Gasteiger partial charge is 0.0499 e. The monoisotopic (exact) mass is 308 g/mol. The molecule has 2 nitrogen and oxygen atoms in total. The van der Waals surface area contributed by atoms with Crippen molar-refractivity contribution < 1.29 is 0 Å². The second-order valence-corrected chi connectivity index (χ2v) is 6.24. The molecule has 20 heavy (non-hydrogen) atoms. The summed E-state index contributed by atoms with van der Waals surface area (Å²) in [5.41, 5.74) is 2.32. The fourth-order valence-electron chi connectivity index (χ4n) is 2.71. The summed E-state index contributed by atoms with van der Waals surface area (Å²) in [6, 6.07) is 8.29. The second-order valence-electron chi connectivity index (χ2n) is 5.42. The van der Waals surface area contributed by atoms with Gasteiger partial charge in [-0.25, -0.2) is 0 Å². The number of aromatic nitrogens is 1. The first kappa shape index (κ1) is 14.0. The molecule has 0 bridgehead atoms. The molecule has 3 rings (SSSR count). The number of hydrogen-bond donors (Lipinski definition) is 1. The molecule has 4 heteroatoms. The van der Waals surface area contributed by atoms with Crippen molar-refractivity contribution in [3.05, 3.63) is 57.8 Å². The van der Waals surface area contributed by atoms with Gasteiger partial charge in [0, 0.05) is 40.6 Å². The van der Waals surface area contributed by atoms with Crippen LogP contribution in [0.25, 0.3) is 0 Å². The van der Waals surface area contributed by atoms with E-state index in [4.69, 9.17) is 23.2 Å². The van der Waals surface area contributed by atoms with Gasteiger partial charge in [0.05, 0.1) is 0 Å². The Labute approximate surface area is 129 Å². The van der Waals surface area contributed by atoms with Crippen molar-refractivity contribution in [2.45, 2.75) is 25.4 Å². The number of rotatable bonds is 5. The zero-order valence-electron chi connectivity index (χ0n) is 11.4. The van der Waals surface area contributed by atoms with Crippen LogP contribution >= 0.6 is 23.2 Å². The van der Waals surface area contributed by atoms with Crippen LogP contribution < -0.4 is 5.32 Å². The summed E-state index contributed by atoms with van der Waals surface area (Å²) in [7, 11) is 2.03. The van der Waals surface area contributed by atoms with Crippen molar-refractivity contribution >= 4 is 23.2 Å². The molecule has 0 amide bonds. The first-order valence-corrected chi connectivity index (χ1v) is 7.70. The largest absolute Gasteiger partial charge is 0.349 e. The summed E-state index contributed by atoms with van der Waals surface area (Å²) in [5, 5.41) is 4.86. The lowest BCUT2D eigenvalue weighted by Gasteiger charge is -2.13. The van der Waals surface area contributed by atoms with Gasteiger partial charge in [-0.15, -0.1) is 0 Å². The van der Waals surface area contributed by atoms with E-state index in [0.29, 0.717) is 12.6 Å². The van der Waals surface area contributed by atoms with Crippen LogP contribution in [-0.2, 0) is 6.54 Å². The molecule has 0 spiro atoms. The van der Waals surface area contributed by atoms with Gasteiger partial charge in [-0.2, -0.15) is 0 Å². The highest BCUT2D eigenvalue weighted by Crippen LogP contribution is 2.40. The lowest BCUT2D eigenvalue weighted by molar-refractivity contribution is 0.528. The normalized spacial score (nSPS) is 16.4. The average molecular weight is 309 g/mol. The number of hydrogen-bond acceptors (Lipinski definition) is 1. The Morgan fingerprint density at radius 2 is 1.95 bits per heavy atom. The van der Waals surface area contributed by atoms with Crippen LogP contribution in [0, 0.1) is 5.92 Å². The quantitative estimate of drug-likeness (QED) is 0.859. The van der Waals surface area contributed by atoms with Crippen molar-refractivity contribution in [2.75, 3.05) is 7.05 Å². The Hall–Kier alpha value is -0.960. The van der Waals surface area contributed by atoms with E-state index in [9.17, 15) is 0 Å². The molecule has 0 aliphatic heterocycles. The molecule has 1 unspecified atom stereocenters. The molecule has 0 saturated heterocycles. The Bertz CT molecular complexity index is 582. The third-order valence-electron chi connectivity index (χ3n) is 3.94. The van der Waals surface area contributed by atoms with E-state index < -0.39 is 0 Å². The highest BCUT2D eigenvalue weighted by Gasteiger charge is 2.31. The molecule has 1 N–H and O–H groups in total. The van der Waals surface area contributed by atoms with Crippen LogP contribution in [-0.4, -0.2) is 11.6 Å². The summed E-state index contributed by atoms with van der Waals surface area (Å²) in [6.45, 7) is 0.708. The maximum absolute atomic E-state index is 6.23. The van der Waals surface area contributed by atoms with E-state index in [1.807, 2.05) is 25.2 Å². The zero-order chi connectivity index (χ0) is 14.1. The molecule has 1 aromatic heterocycles. The molecule has 2 aromatic rings. The average Bonchev–Trinajstić information content (AvgIpc) is 3.15. The van der Waals surface area contributed by atoms with Gasteiger partial charge in [0.25, 0.3) is 0 Å². The number of nitrogens with zero attached hydrogens (tertiary/aromatic N) is 1. The van der Waals surface area contributed by atoms with Crippen LogP contribution in [0.1, 0.15) is 30.0 Å². The van der Waals surface area contributed by atoms with E-state index >= 15 is 0 Å². The van der Waals surface area contributed by atoms with Crippen molar-refractivity contribution in [3.63, 3.8) is 0 Å². The Balaban J connectivity index is 1.80. The number of nitrogens with one attached hydrogen (secondary N) is 1. The van der Waals surface area contributed by atoms with Gasteiger partial charge in [-0.05, 0) is 49.6 Å². The van der Waals surface area contributed by atoms with Gasteiger partial charge < -0.3 is 9.88 Å². The van der Waals surface area contributed by atoms with Gasteiger partial charge in [0.15, 0.2) is 0 Å². The van der Waals surface area contributed by atoms with E-state index in [2.05, 4.69) is 28.3 Å². The van der Waals surface area contributed by atoms with Gasteiger partial charge in [0.1, 0.15) is 0 Å². The minimum absolute atomic E-state index is 0.470. The predicted molar refractivity (Wildman–Crippen MR) is 84.5 cm³/mol. The van der Waals surface area contributed by atoms with Gasteiger partial charge in [-0.3, -0.25) is 0 Å². The summed E-state index contributed by atoms with van der Waals surface area (Å²) in [4.78, 5) is 0. The predicted octanol–water partition coefficient (Wildman–Crippen LogP) is 4.51. The van der Waals surface area contributed by atoms with Crippen LogP contribution in [0.2, 0.25) is 10.0 Å². The molecule has 1 heterocycles. The van der Waals surface area contributed by atoms with E-state index in [0.717, 1.165) is 21.5 Å². The summed E-state index contributed by atoms with van der Waals surface area (Å²) < 4.78 is 2.15. The minimum atomic E-state index is 0.470. The molecule has 1 fully saturated rings. The van der Waals surface area contributed by atoms with Crippen molar-refractivity contribution in [2.24, 2.45) is 5.92 Å². The van der Waals surface area contributed by atoms with Crippen molar-refractivity contribution in [3.8, 4) is 0 Å². The van der Waals surface area contributed by atoms with Crippen LogP contribution in [0.4, 0.5) is 0 Å². The Kier molecular flexibility index (Phi) is 4.06.